The lowest BCUT2D eigenvalue weighted by Crippen LogP contribution is -2.60. The van der Waals surface area contributed by atoms with Crippen molar-refractivity contribution in [3.8, 4) is 0 Å². The number of hydrogen-bond acceptors (Lipinski definition) is 4. The average molecular weight is 359 g/mol. The van der Waals surface area contributed by atoms with E-state index in [1.807, 2.05) is 57.7 Å². The van der Waals surface area contributed by atoms with Crippen LogP contribution in [0.5, 0.6) is 0 Å². The van der Waals surface area contributed by atoms with Gasteiger partial charge in [-0.1, -0.05) is 18.2 Å². The van der Waals surface area contributed by atoms with Gasteiger partial charge in [-0.3, -0.25) is 9.69 Å². The third kappa shape index (κ3) is 3.78. The van der Waals surface area contributed by atoms with Crippen LogP contribution in [0.4, 0.5) is 4.79 Å². The number of hydrogen-bond donors (Lipinski definition) is 0. The molecule has 2 unspecified atom stereocenters. The largest absolute Gasteiger partial charge is 0.444 e. The first-order chi connectivity index (χ1) is 12.2. The van der Waals surface area contributed by atoms with Gasteiger partial charge in [0.2, 0.25) is 0 Å². The van der Waals surface area contributed by atoms with Crippen LogP contribution in [0.3, 0.4) is 0 Å². The van der Waals surface area contributed by atoms with Crippen molar-refractivity contribution in [2.24, 2.45) is 5.92 Å². The van der Waals surface area contributed by atoms with Gasteiger partial charge in [-0.15, -0.1) is 0 Å². The van der Waals surface area contributed by atoms with E-state index in [-0.39, 0.29) is 29.9 Å². The van der Waals surface area contributed by atoms with E-state index in [0.717, 1.165) is 16.7 Å². The number of ketones is 1. The van der Waals surface area contributed by atoms with Crippen LogP contribution in [0.2, 0.25) is 0 Å². The summed E-state index contributed by atoms with van der Waals surface area (Å²) >= 11 is 0. The van der Waals surface area contributed by atoms with Crippen LogP contribution in [0.1, 0.15) is 55.1 Å². The lowest BCUT2D eigenvalue weighted by molar-refractivity contribution is -0.0861. The van der Waals surface area contributed by atoms with Gasteiger partial charge in [-0.05, 0) is 58.6 Å². The van der Waals surface area contributed by atoms with E-state index < -0.39 is 5.60 Å². The number of nitrogens with zero attached hydrogens (tertiary/aromatic N) is 1. The minimum atomic E-state index is -0.530. The number of carbonyl (C=O) groups is 2. The summed E-state index contributed by atoms with van der Waals surface area (Å²) < 4.78 is 11.2. The highest BCUT2D eigenvalue weighted by Crippen LogP contribution is 2.35. The highest BCUT2D eigenvalue weighted by atomic mass is 16.6. The summed E-state index contributed by atoms with van der Waals surface area (Å²) in [6.07, 6.45) is 0.956. The monoisotopic (exact) mass is 359 g/mol. The first kappa shape index (κ1) is 18.9. The molecule has 2 aliphatic rings. The van der Waals surface area contributed by atoms with Crippen molar-refractivity contribution in [2.75, 3.05) is 13.2 Å². The van der Waals surface area contributed by atoms with Gasteiger partial charge in [0.1, 0.15) is 5.60 Å². The van der Waals surface area contributed by atoms with Crippen LogP contribution in [0.15, 0.2) is 18.2 Å². The fourth-order valence-electron chi connectivity index (χ4n) is 3.98. The minimum Gasteiger partial charge on any atom is -0.444 e. The minimum absolute atomic E-state index is 0.0758. The lowest BCUT2D eigenvalue weighted by Gasteiger charge is -2.47. The number of carbonyl (C=O) groups excluding carboxylic acids is 2. The van der Waals surface area contributed by atoms with Crippen LogP contribution in [-0.2, 0) is 9.47 Å². The van der Waals surface area contributed by atoms with Gasteiger partial charge in [-0.2, -0.15) is 0 Å². The first-order valence-corrected chi connectivity index (χ1v) is 9.37. The van der Waals surface area contributed by atoms with Crippen molar-refractivity contribution in [3.05, 3.63) is 34.9 Å². The molecule has 0 saturated carbocycles. The molecule has 3 rings (SSSR count). The summed E-state index contributed by atoms with van der Waals surface area (Å²) in [6.45, 7) is 10.6. The fourth-order valence-corrected chi connectivity index (χ4v) is 3.98. The molecule has 142 valence electrons. The zero-order chi connectivity index (χ0) is 19.1. The normalized spacial score (nSPS) is 25.7. The first-order valence-electron chi connectivity index (χ1n) is 9.37. The third-order valence-electron chi connectivity index (χ3n) is 5.37. The Morgan fingerprint density at radius 1 is 1.12 bits per heavy atom. The second kappa shape index (κ2) is 7.03. The standard InChI is InChI=1S/C21H29NO4/c1-13-7-6-8-18(14(13)2)19(23)15-9-16-11-25-12-17(10-15)22(16)20(24)26-21(3,4)5/h6-8,15-17H,9-12H2,1-5H3. The summed E-state index contributed by atoms with van der Waals surface area (Å²) in [5, 5.41) is 0. The van der Waals surface area contributed by atoms with Crippen molar-refractivity contribution in [1.29, 1.82) is 0 Å². The van der Waals surface area contributed by atoms with Crippen LogP contribution in [0, 0.1) is 19.8 Å². The molecule has 2 heterocycles. The maximum atomic E-state index is 13.1. The summed E-state index contributed by atoms with van der Waals surface area (Å²) in [4.78, 5) is 27.6. The maximum Gasteiger partial charge on any atom is 0.410 e. The molecule has 0 N–H and O–H groups in total. The highest BCUT2D eigenvalue weighted by molar-refractivity contribution is 5.99. The predicted octanol–water partition coefficient (Wildman–Crippen LogP) is 3.90. The van der Waals surface area contributed by atoms with Gasteiger partial charge < -0.3 is 9.47 Å². The SMILES string of the molecule is Cc1cccc(C(=O)C2CC3COCC(C2)N3C(=O)OC(C)(C)C)c1C. The van der Waals surface area contributed by atoms with Crippen LogP contribution >= 0.6 is 0 Å². The number of benzene rings is 1. The third-order valence-corrected chi connectivity index (χ3v) is 5.37. The number of ether oxygens (including phenoxy) is 2. The molecule has 2 fully saturated rings. The Labute approximate surface area is 155 Å². The topological polar surface area (TPSA) is 55.8 Å². The number of morpholine rings is 1. The summed E-state index contributed by atoms with van der Waals surface area (Å²) in [5.74, 6) is 0.111. The molecular formula is C21H29NO4. The molecule has 1 aromatic rings. The van der Waals surface area contributed by atoms with E-state index in [1.54, 1.807) is 0 Å². The number of aryl methyl sites for hydroxylation is 1. The zero-order valence-electron chi connectivity index (χ0n) is 16.4. The molecular weight excluding hydrogens is 330 g/mol. The Morgan fingerprint density at radius 2 is 1.73 bits per heavy atom. The van der Waals surface area contributed by atoms with E-state index in [4.69, 9.17) is 9.47 Å². The molecule has 0 spiro atoms. The number of rotatable bonds is 2. The van der Waals surface area contributed by atoms with Crippen LogP contribution < -0.4 is 0 Å². The molecule has 0 radical (unpaired) electrons. The van der Waals surface area contributed by atoms with Crippen LogP contribution in [-0.4, -0.2) is 47.7 Å². The second-order valence-electron chi connectivity index (χ2n) is 8.51. The Bertz CT molecular complexity index is 692. The molecule has 2 bridgehead atoms. The van der Waals surface area contributed by atoms with Gasteiger partial charge in [0, 0.05) is 11.5 Å². The number of Topliss-reactive ketones (excluding diaryl/α,β-unsaturated/α-hetero) is 1. The van der Waals surface area contributed by atoms with E-state index in [9.17, 15) is 9.59 Å². The highest BCUT2D eigenvalue weighted by Gasteiger charge is 2.45. The van der Waals surface area contributed by atoms with Gasteiger partial charge >= 0.3 is 6.09 Å². The smallest absolute Gasteiger partial charge is 0.410 e. The second-order valence-corrected chi connectivity index (χ2v) is 8.51. The number of fused-ring (bicyclic) bond motifs is 2. The van der Waals surface area contributed by atoms with Gasteiger partial charge in [0.15, 0.2) is 5.78 Å². The Hall–Kier alpha value is -1.88. The van der Waals surface area contributed by atoms with Crippen LogP contribution in [0.25, 0.3) is 0 Å². The van der Waals surface area contributed by atoms with E-state index in [1.165, 1.54) is 0 Å². The Kier molecular flexibility index (Phi) is 5.11. The van der Waals surface area contributed by atoms with Gasteiger partial charge in [0.25, 0.3) is 0 Å². The van der Waals surface area contributed by atoms with Gasteiger partial charge in [-0.25, -0.2) is 4.79 Å². The van der Waals surface area contributed by atoms with E-state index in [0.29, 0.717) is 26.1 Å². The Balaban J connectivity index is 1.78. The molecule has 2 atom stereocenters. The quantitative estimate of drug-likeness (QED) is 0.752. The van der Waals surface area contributed by atoms with Crippen molar-refractivity contribution in [3.63, 3.8) is 0 Å². The van der Waals surface area contributed by atoms with Crippen molar-refractivity contribution >= 4 is 11.9 Å². The summed E-state index contributed by atoms with van der Waals surface area (Å²) in [6, 6.07) is 5.68. The maximum absolute atomic E-state index is 13.1. The molecule has 2 saturated heterocycles. The molecule has 1 aromatic carbocycles. The van der Waals surface area contributed by atoms with E-state index >= 15 is 0 Å². The molecule has 1 amide bonds. The summed E-state index contributed by atoms with van der Waals surface area (Å²) in [7, 11) is 0. The molecule has 5 heteroatoms. The lowest BCUT2D eigenvalue weighted by atomic mass is 9.80. The van der Waals surface area contributed by atoms with Crippen molar-refractivity contribution in [1.82, 2.24) is 4.90 Å². The zero-order valence-corrected chi connectivity index (χ0v) is 16.4. The molecule has 5 nitrogen and oxygen atoms in total. The molecule has 2 aliphatic heterocycles. The number of piperidine rings is 1. The average Bonchev–Trinajstić information content (AvgIpc) is 2.54. The van der Waals surface area contributed by atoms with E-state index in [2.05, 4.69) is 0 Å². The van der Waals surface area contributed by atoms with Crippen molar-refractivity contribution < 1.29 is 19.1 Å². The predicted molar refractivity (Wildman–Crippen MR) is 99.4 cm³/mol. The number of amides is 1. The fraction of sp³-hybridized carbons (Fsp3) is 0.619. The Morgan fingerprint density at radius 3 is 2.31 bits per heavy atom. The van der Waals surface area contributed by atoms with Crippen molar-refractivity contribution in [2.45, 2.75) is 65.1 Å². The molecule has 26 heavy (non-hydrogen) atoms. The van der Waals surface area contributed by atoms with Gasteiger partial charge in [0.05, 0.1) is 25.3 Å². The summed E-state index contributed by atoms with van der Waals surface area (Å²) in [5.41, 5.74) is 2.45. The molecule has 0 aromatic heterocycles. The molecule has 0 aliphatic carbocycles.